The van der Waals surface area contributed by atoms with E-state index in [0.717, 1.165) is 0 Å². The molecular weight excluding hydrogens is 246 g/mol. The van der Waals surface area contributed by atoms with E-state index in [-0.39, 0.29) is 5.92 Å². The van der Waals surface area contributed by atoms with Gasteiger partial charge in [-0.3, -0.25) is 4.79 Å². The molecule has 2 N–H and O–H groups in total. The van der Waals surface area contributed by atoms with E-state index in [1.165, 1.54) is 0 Å². The summed E-state index contributed by atoms with van der Waals surface area (Å²) in [6.07, 6.45) is 0.684. The van der Waals surface area contributed by atoms with Crippen LogP contribution in [0.15, 0.2) is 12.3 Å². The Bertz CT molecular complexity index is 477. The van der Waals surface area contributed by atoms with Crippen LogP contribution in [0, 0.1) is 17.6 Å². The molecule has 0 spiro atoms. The number of aliphatic carboxylic acids is 1. The molecule has 98 valence electrons. The quantitative estimate of drug-likeness (QED) is 0.850. The van der Waals surface area contributed by atoms with Crippen LogP contribution in [0.2, 0.25) is 0 Å². The van der Waals surface area contributed by atoms with Crippen molar-refractivity contribution in [3.63, 3.8) is 0 Å². The molecule has 0 aliphatic carbocycles. The largest absolute Gasteiger partial charge is 0.480 e. The number of carbonyl (C=O) groups is 2. The van der Waals surface area contributed by atoms with Gasteiger partial charge in [-0.05, 0) is 5.92 Å². The molecule has 0 aliphatic heterocycles. The molecule has 0 aromatic carbocycles. The van der Waals surface area contributed by atoms with Crippen molar-refractivity contribution >= 4 is 11.9 Å². The SMILES string of the molecule is CC(C)[C@H](NC(=O)c1ncc(F)cc1F)C(=O)O. The van der Waals surface area contributed by atoms with Crippen LogP contribution in [-0.2, 0) is 4.79 Å². The van der Waals surface area contributed by atoms with Crippen molar-refractivity contribution in [2.45, 2.75) is 19.9 Å². The average Bonchev–Trinajstić information content (AvgIpc) is 2.24. The molecule has 1 aromatic rings. The maximum Gasteiger partial charge on any atom is 0.326 e. The van der Waals surface area contributed by atoms with Crippen LogP contribution in [0.4, 0.5) is 8.78 Å². The number of carboxylic acid groups (broad SMARTS) is 1. The number of halogens is 2. The van der Waals surface area contributed by atoms with Crippen LogP contribution < -0.4 is 5.32 Å². The standard InChI is InChI=1S/C11H12F2N2O3/c1-5(2)8(11(17)18)15-10(16)9-7(13)3-6(12)4-14-9/h3-5,8H,1-2H3,(H,15,16)(H,17,18)/t8-/m0/s1. The van der Waals surface area contributed by atoms with Gasteiger partial charge in [0, 0.05) is 6.07 Å². The molecule has 1 amide bonds. The van der Waals surface area contributed by atoms with E-state index in [2.05, 4.69) is 10.3 Å². The molecular formula is C11H12F2N2O3. The average molecular weight is 258 g/mol. The molecule has 0 saturated heterocycles. The zero-order valence-corrected chi connectivity index (χ0v) is 9.78. The minimum absolute atomic E-state index is 0.380. The van der Waals surface area contributed by atoms with Gasteiger partial charge in [-0.2, -0.15) is 0 Å². The third-order valence-electron chi connectivity index (χ3n) is 2.24. The fourth-order valence-electron chi connectivity index (χ4n) is 1.30. The lowest BCUT2D eigenvalue weighted by Crippen LogP contribution is -2.44. The second kappa shape index (κ2) is 5.52. The molecule has 5 nitrogen and oxygen atoms in total. The van der Waals surface area contributed by atoms with Crippen molar-refractivity contribution in [2.24, 2.45) is 5.92 Å². The van der Waals surface area contributed by atoms with Crippen molar-refractivity contribution in [1.82, 2.24) is 10.3 Å². The Balaban J connectivity index is 2.91. The van der Waals surface area contributed by atoms with Crippen LogP contribution in [0.25, 0.3) is 0 Å². The Labute approximate surface area is 102 Å². The number of hydrogen-bond acceptors (Lipinski definition) is 3. The summed E-state index contributed by atoms with van der Waals surface area (Å²) in [5.74, 6) is -4.66. The third-order valence-corrected chi connectivity index (χ3v) is 2.24. The second-order valence-corrected chi connectivity index (χ2v) is 4.02. The Morgan fingerprint density at radius 1 is 1.39 bits per heavy atom. The van der Waals surface area contributed by atoms with Gasteiger partial charge in [0.2, 0.25) is 0 Å². The molecule has 0 radical (unpaired) electrons. The summed E-state index contributed by atoms with van der Waals surface area (Å²) in [7, 11) is 0. The van der Waals surface area contributed by atoms with Gasteiger partial charge in [0.15, 0.2) is 11.5 Å². The van der Waals surface area contributed by atoms with E-state index in [1.807, 2.05) is 0 Å². The number of carbonyl (C=O) groups excluding carboxylic acids is 1. The number of rotatable bonds is 4. The highest BCUT2D eigenvalue weighted by Gasteiger charge is 2.25. The molecule has 0 aliphatic rings. The molecule has 1 heterocycles. The first-order valence-corrected chi connectivity index (χ1v) is 5.17. The van der Waals surface area contributed by atoms with Crippen molar-refractivity contribution in [3.05, 3.63) is 29.6 Å². The van der Waals surface area contributed by atoms with Crippen LogP contribution in [0.5, 0.6) is 0 Å². The Morgan fingerprint density at radius 2 is 2.00 bits per heavy atom. The van der Waals surface area contributed by atoms with Gasteiger partial charge in [0.25, 0.3) is 5.91 Å². The monoisotopic (exact) mass is 258 g/mol. The first-order valence-electron chi connectivity index (χ1n) is 5.17. The van der Waals surface area contributed by atoms with E-state index in [9.17, 15) is 18.4 Å². The molecule has 1 aromatic heterocycles. The number of aromatic nitrogens is 1. The van der Waals surface area contributed by atoms with Crippen molar-refractivity contribution in [3.8, 4) is 0 Å². The van der Waals surface area contributed by atoms with Crippen LogP contribution in [-0.4, -0.2) is 28.0 Å². The highest BCUT2D eigenvalue weighted by Crippen LogP contribution is 2.08. The van der Waals surface area contributed by atoms with Crippen molar-refractivity contribution < 1.29 is 23.5 Å². The summed E-state index contributed by atoms with van der Waals surface area (Å²) in [6.45, 7) is 3.18. The van der Waals surface area contributed by atoms with Crippen molar-refractivity contribution in [2.75, 3.05) is 0 Å². The molecule has 7 heteroatoms. The van der Waals surface area contributed by atoms with Crippen LogP contribution in [0.3, 0.4) is 0 Å². The van der Waals surface area contributed by atoms with Crippen molar-refractivity contribution in [1.29, 1.82) is 0 Å². The Kier molecular flexibility index (Phi) is 4.30. The third kappa shape index (κ3) is 3.22. The van der Waals surface area contributed by atoms with E-state index >= 15 is 0 Å². The fourth-order valence-corrected chi connectivity index (χ4v) is 1.30. The Hall–Kier alpha value is -2.05. The molecule has 0 fully saturated rings. The zero-order valence-electron chi connectivity index (χ0n) is 9.78. The van der Waals surface area contributed by atoms with Gasteiger partial charge in [0.1, 0.15) is 11.9 Å². The predicted molar refractivity (Wildman–Crippen MR) is 57.9 cm³/mol. The molecule has 1 rings (SSSR count). The highest BCUT2D eigenvalue weighted by atomic mass is 19.1. The maximum absolute atomic E-state index is 13.2. The van der Waals surface area contributed by atoms with Crippen LogP contribution >= 0.6 is 0 Å². The topological polar surface area (TPSA) is 79.3 Å². The highest BCUT2D eigenvalue weighted by molar-refractivity contribution is 5.95. The normalized spacial score (nSPS) is 12.3. The van der Waals surface area contributed by atoms with Gasteiger partial charge in [-0.25, -0.2) is 18.6 Å². The smallest absolute Gasteiger partial charge is 0.326 e. The first kappa shape index (κ1) is 14.0. The van der Waals surface area contributed by atoms with Gasteiger partial charge in [-0.15, -0.1) is 0 Å². The number of hydrogen-bond donors (Lipinski definition) is 2. The summed E-state index contributed by atoms with van der Waals surface area (Å²) < 4.78 is 25.8. The van der Waals surface area contributed by atoms with Gasteiger partial charge < -0.3 is 10.4 Å². The minimum Gasteiger partial charge on any atom is -0.480 e. The van der Waals surface area contributed by atoms with Gasteiger partial charge in [0.05, 0.1) is 6.20 Å². The van der Waals surface area contributed by atoms with Gasteiger partial charge >= 0.3 is 5.97 Å². The molecule has 0 saturated carbocycles. The maximum atomic E-state index is 13.2. The number of amides is 1. The lowest BCUT2D eigenvalue weighted by atomic mass is 10.0. The van der Waals surface area contributed by atoms with E-state index in [0.29, 0.717) is 12.3 Å². The molecule has 18 heavy (non-hydrogen) atoms. The lowest BCUT2D eigenvalue weighted by Gasteiger charge is -2.17. The Morgan fingerprint density at radius 3 is 2.44 bits per heavy atom. The summed E-state index contributed by atoms with van der Waals surface area (Å²) >= 11 is 0. The predicted octanol–water partition coefficient (Wildman–Crippen LogP) is 1.20. The summed E-state index contributed by atoms with van der Waals surface area (Å²) in [6, 6.07) is -0.656. The number of nitrogens with zero attached hydrogens (tertiary/aromatic N) is 1. The minimum atomic E-state index is -1.24. The van der Waals surface area contributed by atoms with E-state index in [4.69, 9.17) is 5.11 Å². The van der Waals surface area contributed by atoms with E-state index < -0.39 is 35.2 Å². The van der Waals surface area contributed by atoms with Crippen LogP contribution in [0.1, 0.15) is 24.3 Å². The fraction of sp³-hybridized carbons (Fsp3) is 0.364. The summed E-state index contributed by atoms with van der Waals surface area (Å²) in [5.41, 5.74) is -0.636. The summed E-state index contributed by atoms with van der Waals surface area (Å²) in [4.78, 5) is 25.7. The first-order chi connectivity index (χ1) is 8.32. The number of pyridine rings is 1. The zero-order chi connectivity index (χ0) is 13.9. The summed E-state index contributed by atoms with van der Waals surface area (Å²) in [5, 5.41) is 11.0. The van der Waals surface area contributed by atoms with E-state index in [1.54, 1.807) is 13.8 Å². The second-order valence-electron chi connectivity index (χ2n) is 4.02. The molecule has 0 unspecified atom stereocenters. The molecule has 1 atom stereocenters. The molecule has 0 bridgehead atoms. The number of nitrogens with one attached hydrogen (secondary N) is 1. The van der Waals surface area contributed by atoms with Gasteiger partial charge in [-0.1, -0.05) is 13.8 Å². The lowest BCUT2D eigenvalue weighted by molar-refractivity contribution is -0.140. The number of carboxylic acids is 1.